The third kappa shape index (κ3) is 2.04. The highest BCUT2D eigenvalue weighted by Crippen LogP contribution is 2.31. The minimum Gasteiger partial charge on any atom is -0.378 e. The molecule has 2 aliphatic heterocycles. The predicted molar refractivity (Wildman–Crippen MR) is 68.7 cm³/mol. The number of rotatable bonds is 2. The van der Waals surface area contributed by atoms with Gasteiger partial charge in [0.15, 0.2) is 0 Å². The third-order valence-corrected chi connectivity index (χ3v) is 4.03. The summed E-state index contributed by atoms with van der Waals surface area (Å²) < 4.78 is 0.827. The van der Waals surface area contributed by atoms with Gasteiger partial charge in [-0.1, -0.05) is 0 Å². The van der Waals surface area contributed by atoms with Gasteiger partial charge in [-0.3, -0.25) is 4.79 Å². The number of nitrogens with one attached hydrogen (secondary N) is 1. The van der Waals surface area contributed by atoms with Crippen molar-refractivity contribution >= 4 is 27.5 Å². The van der Waals surface area contributed by atoms with Crippen LogP contribution in [0.2, 0.25) is 0 Å². The molecule has 3 heterocycles. The van der Waals surface area contributed by atoms with Crippen molar-refractivity contribution in [1.29, 1.82) is 0 Å². The van der Waals surface area contributed by atoms with Gasteiger partial charge in [-0.15, -0.1) is 0 Å². The van der Waals surface area contributed by atoms with Crippen molar-refractivity contribution in [2.75, 3.05) is 11.9 Å². The molecule has 0 saturated carbocycles. The van der Waals surface area contributed by atoms with Crippen molar-refractivity contribution in [3.8, 4) is 0 Å². The normalized spacial score (nSPS) is 27.4. The highest BCUT2D eigenvalue weighted by Gasteiger charge is 2.42. The maximum atomic E-state index is 11.8. The Morgan fingerprint density at radius 2 is 2.35 bits per heavy atom. The molecule has 1 amide bonds. The number of hydrogen-bond acceptors (Lipinski definition) is 3. The van der Waals surface area contributed by atoms with Crippen LogP contribution in [-0.2, 0) is 4.79 Å². The fraction of sp³-hybridized carbons (Fsp3) is 0.500. The number of amides is 1. The highest BCUT2D eigenvalue weighted by atomic mass is 79.9. The summed E-state index contributed by atoms with van der Waals surface area (Å²) in [6.45, 7) is 0.931. The first-order chi connectivity index (χ1) is 8.24. The van der Waals surface area contributed by atoms with Crippen LogP contribution < -0.4 is 5.32 Å². The summed E-state index contributed by atoms with van der Waals surface area (Å²) >= 11 is 3.31. The van der Waals surface area contributed by atoms with Crippen LogP contribution in [-0.4, -0.2) is 34.4 Å². The zero-order valence-corrected chi connectivity index (χ0v) is 11.0. The Hall–Kier alpha value is -1.10. The molecule has 0 aliphatic carbocycles. The Balaban J connectivity index is 1.73. The topological polar surface area (TPSA) is 45.2 Å². The molecule has 0 radical (unpaired) electrons. The van der Waals surface area contributed by atoms with E-state index in [4.69, 9.17) is 0 Å². The Bertz CT molecular complexity index is 434. The monoisotopic (exact) mass is 295 g/mol. The number of fused-ring (bicyclic) bond motifs is 1. The van der Waals surface area contributed by atoms with Gasteiger partial charge >= 0.3 is 0 Å². The van der Waals surface area contributed by atoms with E-state index in [0.29, 0.717) is 12.5 Å². The van der Waals surface area contributed by atoms with Crippen molar-refractivity contribution in [3.63, 3.8) is 0 Å². The van der Waals surface area contributed by atoms with Crippen LogP contribution in [0.3, 0.4) is 0 Å². The molecule has 1 aromatic heterocycles. The molecule has 2 aliphatic rings. The molecule has 2 unspecified atom stereocenters. The smallest absolute Gasteiger partial charge is 0.225 e. The molecule has 1 N–H and O–H groups in total. The van der Waals surface area contributed by atoms with Crippen LogP contribution in [0.1, 0.15) is 19.3 Å². The first kappa shape index (κ1) is 11.0. The molecule has 4 nitrogen and oxygen atoms in total. The van der Waals surface area contributed by atoms with E-state index in [9.17, 15) is 4.79 Å². The lowest BCUT2D eigenvalue weighted by Gasteiger charge is -2.21. The Morgan fingerprint density at radius 3 is 3.12 bits per heavy atom. The molecule has 2 atom stereocenters. The van der Waals surface area contributed by atoms with Crippen LogP contribution in [0.25, 0.3) is 0 Å². The van der Waals surface area contributed by atoms with E-state index in [-0.39, 0.29) is 11.9 Å². The van der Waals surface area contributed by atoms with Gasteiger partial charge in [0.05, 0.1) is 24.0 Å². The number of carbonyl (C=O) groups excluding carboxylic acids is 1. The highest BCUT2D eigenvalue weighted by molar-refractivity contribution is 9.10. The lowest BCUT2D eigenvalue weighted by molar-refractivity contribution is -0.127. The maximum Gasteiger partial charge on any atom is 0.225 e. The van der Waals surface area contributed by atoms with Crippen LogP contribution in [0.5, 0.6) is 0 Å². The number of aromatic nitrogens is 1. The Kier molecular flexibility index (Phi) is 2.78. The quantitative estimate of drug-likeness (QED) is 0.849. The number of pyridine rings is 1. The van der Waals surface area contributed by atoms with Crippen LogP contribution in [0.15, 0.2) is 22.9 Å². The summed E-state index contributed by atoms with van der Waals surface area (Å²) in [6.07, 6.45) is 4.66. The van der Waals surface area contributed by atoms with Gasteiger partial charge in [-0.25, -0.2) is 4.98 Å². The molecule has 2 fully saturated rings. The van der Waals surface area contributed by atoms with E-state index < -0.39 is 0 Å². The van der Waals surface area contributed by atoms with E-state index in [2.05, 4.69) is 26.2 Å². The minimum atomic E-state index is 0.243. The molecule has 1 aromatic rings. The summed E-state index contributed by atoms with van der Waals surface area (Å²) in [5, 5.41) is 3.42. The first-order valence-corrected chi connectivity index (χ1v) is 6.71. The summed E-state index contributed by atoms with van der Waals surface area (Å²) in [7, 11) is 0. The third-order valence-electron chi connectivity index (χ3n) is 3.56. The minimum absolute atomic E-state index is 0.243. The van der Waals surface area contributed by atoms with Crippen LogP contribution >= 0.6 is 15.9 Å². The largest absolute Gasteiger partial charge is 0.378 e. The average Bonchev–Trinajstić information content (AvgIpc) is 2.88. The van der Waals surface area contributed by atoms with E-state index >= 15 is 0 Å². The summed E-state index contributed by atoms with van der Waals surface area (Å²) in [5.41, 5.74) is 0.986. The zero-order chi connectivity index (χ0) is 11.8. The average molecular weight is 296 g/mol. The van der Waals surface area contributed by atoms with Gasteiger partial charge in [-0.2, -0.15) is 0 Å². The van der Waals surface area contributed by atoms with E-state index in [1.807, 2.05) is 17.0 Å². The summed E-state index contributed by atoms with van der Waals surface area (Å²) in [4.78, 5) is 18.0. The second-order valence-electron chi connectivity index (χ2n) is 4.62. The van der Waals surface area contributed by atoms with E-state index in [1.54, 1.807) is 6.20 Å². The van der Waals surface area contributed by atoms with Gasteiger partial charge in [-0.05, 0) is 40.9 Å². The van der Waals surface area contributed by atoms with E-state index in [1.165, 1.54) is 0 Å². The van der Waals surface area contributed by atoms with Crippen molar-refractivity contribution in [2.45, 2.75) is 31.3 Å². The zero-order valence-electron chi connectivity index (χ0n) is 9.40. The summed E-state index contributed by atoms with van der Waals surface area (Å²) in [5.74, 6) is 0.287. The molecule has 17 heavy (non-hydrogen) atoms. The lowest BCUT2D eigenvalue weighted by atomic mass is 10.1. The molecule has 3 rings (SSSR count). The van der Waals surface area contributed by atoms with Gasteiger partial charge in [0.2, 0.25) is 5.91 Å². The van der Waals surface area contributed by atoms with Gasteiger partial charge in [0.25, 0.3) is 0 Å². The standard InChI is InChI=1S/C12H14BrN3O/c13-11-4-3-8(7-14-11)15-9-6-12(17)16-5-1-2-10(9)16/h3-4,7,9-10,15H,1-2,5-6H2. The molecule has 90 valence electrons. The van der Waals surface area contributed by atoms with Gasteiger partial charge < -0.3 is 10.2 Å². The van der Waals surface area contributed by atoms with Gasteiger partial charge in [0, 0.05) is 13.0 Å². The Morgan fingerprint density at radius 1 is 1.47 bits per heavy atom. The van der Waals surface area contributed by atoms with Crippen molar-refractivity contribution in [1.82, 2.24) is 9.88 Å². The van der Waals surface area contributed by atoms with Gasteiger partial charge in [0.1, 0.15) is 4.60 Å². The lowest BCUT2D eigenvalue weighted by Crippen LogP contribution is -2.34. The van der Waals surface area contributed by atoms with Crippen molar-refractivity contribution in [2.24, 2.45) is 0 Å². The number of nitrogens with zero attached hydrogens (tertiary/aromatic N) is 2. The predicted octanol–water partition coefficient (Wildman–Crippen LogP) is 2.02. The fourth-order valence-corrected chi connectivity index (χ4v) is 3.02. The summed E-state index contributed by atoms with van der Waals surface area (Å²) in [6, 6.07) is 4.52. The second kappa shape index (κ2) is 4.29. The second-order valence-corrected chi connectivity index (χ2v) is 5.43. The first-order valence-electron chi connectivity index (χ1n) is 5.91. The number of anilines is 1. The van der Waals surface area contributed by atoms with Crippen molar-refractivity contribution in [3.05, 3.63) is 22.9 Å². The fourth-order valence-electron chi connectivity index (χ4n) is 2.78. The number of hydrogen-bond donors (Lipinski definition) is 1. The molecule has 0 bridgehead atoms. The maximum absolute atomic E-state index is 11.8. The van der Waals surface area contributed by atoms with Crippen molar-refractivity contribution < 1.29 is 4.79 Å². The molecule has 0 aromatic carbocycles. The Labute approximate surface area is 109 Å². The SMILES string of the molecule is O=C1CC(Nc2ccc(Br)nc2)C2CCCN12. The molecule has 0 spiro atoms. The molecule has 5 heteroatoms. The molecular formula is C12H14BrN3O. The van der Waals surface area contributed by atoms with Crippen LogP contribution in [0.4, 0.5) is 5.69 Å². The number of carbonyl (C=O) groups is 1. The molecular weight excluding hydrogens is 282 g/mol. The molecule has 2 saturated heterocycles. The van der Waals surface area contributed by atoms with E-state index in [0.717, 1.165) is 29.7 Å². The number of halogens is 1. The van der Waals surface area contributed by atoms with Crippen LogP contribution in [0, 0.1) is 0 Å².